The van der Waals surface area contributed by atoms with Crippen LogP contribution in [0, 0.1) is 13.8 Å². The van der Waals surface area contributed by atoms with Crippen molar-refractivity contribution in [3.8, 4) is 5.75 Å². The minimum atomic E-state index is 0.579. The van der Waals surface area contributed by atoms with Gasteiger partial charge in [-0.3, -0.25) is 4.98 Å². The number of rotatable bonds is 6. The summed E-state index contributed by atoms with van der Waals surface area (Å²) in [5.41, 5.74) is 10.3. The van der Waals surface area contributed by atoms with Gasteiger partial charge in [-0.25, -0.2) is 0 Å². The number of nitrogen functional groups attached to an aromatic ring is 1. The van der Waals surface area contributed by atoms with Crippen molar-refractivity contribution in [2.45, 2.75) is 26.7 Å². The molecular weight excluding hydrogens is 278 g/mol. The molecule has 0 unspecified atom stereocenters. The number of nitrogens with zero attached hydrogens (tertiary/aromatic N) is 2. The molecule has 0 bridgehead atoms. The first kappa shape index (κ1) is 15.8. The Labute approximate surface area is 130 Å². The van der Waals surface area contributed by atoms with E-state index in [-0.39, 0.29) is 0 Å². The molecule has 0 saturated heterocycles. The molecule has 5 heteroatoms. The van der Waals surface area contributed by atoms with Crippen molar-refractivity contribution in [1.82, 2.24) is 4.98 Å². The highest BCUT2D eigenvalue weighted by Gasteiger charge is 2.11. The smallest absolute Gasteiger partial charge is 0.125 e. The summed E-state index contributed by atoms with van der Waals surface area (Å²) in [6.45, 7) is 4.48. The van der Waals surface area contributed by atoms with Crippen LogP contribution < -0.4 is 10.5 Å². The SMILES string of the molecule is Cc1cc(N)c(C=NO)c(C)c1OCCCc1cccnc1. The standard InChI is InChI=1S/C17H21N3O2/c1-12-9-16(18)15(11-20-21)13(2)17(12)22-8-4-6-14-5-3-7-19-10-14/h3,5,7,9-11,21H,4,6,8,18H2,1-2H3. The van der Waals surface area contributed by atoms with Crippen molar-refractivity contribution >= 4 is 11.9 Å². The Morgan fingerprint density at radius 1 is 1.41 bits per heavy atom. The molecule has 3 N–H and O–H groups in total. The highest BCUT2D eigenvalue weighted by atomic mass is 16.5. The van der Waals surface area contributed by atoms with Gasteiger partial charge in [0.25, 0.3) is 0 Å². The van der Waals surface area contributed by atoms with Crippen molar-refractivity contribution in [2.24, 2.45) is 5.16 Å². The molecule has 0 atom stereocenters. The number of ether oxygens (including phenoxy) is 1. The fourth-order valence-electron chi connectivity index (χ4n) is 2.46. The van der Waals surface area contributed by atoms with Gasteiger partial charge in [0.15, 0.2) is 0 Å². The number of anilines is 1. The molecule has 1 heterocycles. The molecule has 0 saturated carbocycles. The van der Waals surface area contributed by atoms with Crippen LogP contribution in [-0.2, 0) is 6.42 Å². The minimum Gasteiger partial charge on any atom is -0.493 e. The van der Waals surface area contributed by atoms with Gasteiger partial charge in [-0.15, -0.1) is 0 Å². The Morgan fingerprint density at radius 2 is 2.23 bits per heavy atom. The maximum Gasteiger partial charge on any atom is 0.125 e. The summed E-state index contributed by atoms with van der Waals surface area (Å²) in [6.07, 6.45) is 6.80. The lowest BCUT2D eigenvalue weighted by Crippen LogP contribution is -2.06. The van der Waals surface area contributed by atoms with Crippen molar-refractivity contribution in [3.05, 3.63) is 52.8 Å². The second kappa shape index (κ2) is 7.45. The zero-order chi connectivity index (χ0) is 15.9. The van der Waals surface area contributed by atoms with E-state index in [2.05, 4.69) is 16.2 Å². The summed E-state index contributed by atoms with van der Waals surface area (Å²) in [4.78, 5) is 4.10. The lowest BCUT2D eigenvalue weighted by atomic mass is 10.0. The lowest BCUT2D eigenvalue weighted by Gasteiger charge is -2.15. The molecule has 0 fully saturated rings. The number of benzene rings is 1. The molecule has 22 heavy (non-hydrogen) atoms. The van der Waals surface area contributed by atoms with E-state index in [1.165, 1.54) is 11.8 Å². The van der Waals surface area contributed by atoms with Crippen LogP contribution in [0.2, 0.25) is 0 Å². The number of hydrogen-bond donors (Lipinski definition) is 2. The van der Waals surface area contributed by atoms with E-state index in [0.29, 0.717) is 17.9 Å². The van der Waals surface area contributed by atoms with E-state index in [4.69, 9.17) is 15.7 Å². The summed E-state index contributed by atoms with van der Waals surface area (Å²) in [6, 6.07) is 5.83. The number of hydrogen-bond acceptors (Lipinski definition) is 5. The van der Waals surface area contributed by atoms with E-state index in [9.17, 15) is 0 Å². The maximum absolute atomic E-state index is 8.74. The van der Waals surface area contributed by atoms with Crippen molar-refractivity contribution < 1.29 is 9.94 Å². The first-order valence-electron chi connectivity index (χ1n) is 7.22. The molecule has 5 nitrogen and oxygen atoms in total. The molecule has 0 spiro atoms. The first-order valence-corrected chi connectivity index (χ1v) is 7.22. The Hall–Kier alpha value is -2.56. The number of oxime groups is 1. The van der Waals surface area contributed by atoms with Gasteiger partial charge in [-0.2, -0.15) is 0 Å². The number of aromatic nitrogens is 1. The third-order valence-corrected chi connectivity index (χ3v) is 3.55. The van der Waals surface area contributed by atoms with Gasteiger partial charge in [0.05, 0.1) is 12.8 Å². The van der Waals surface area contributed by atoms with E-state index in [1.54, 1.807) is 6.20 Å². The summed E-state index contributed by atoms with van der Waals surface area (Å²) in [5.74, 6) is 0.801. The minimum absolute atomic E-state index is 0.579. The van der Waals surface area contributed by atoms with Crippen molar-refractivity contribution in [2.75, 3.05) is 12.3 Å². The average molecular weight is 299 g/mol. The normalized spacial score (nSPS) is 11.0. The molecule has 2 rings (SSSR count). The predicted molar refractivity (Wildman–Crippen MR) is 87.8 cm³/mol. The van der Waals surface area contributed by atoms with Gasteiger partial charge in [-0.1, -0.05) is 11.2 Å². The monoisotopic (exact) mass is 299 g/mol. The molecular formula is C17H21N3O2. The molecule has 0 amide bonds. The Bertz CT molecular complexity index is 655. The first-order chi connectivity index (χ1) is 10.6. The topological polar surface area (TPSA) is 80.7 Å². The molecule has 116 valence electrons. The van der Waals surface area contributed by atoms with Gasteiger partial charge in [-0.05, 0) is 49.9 Å². The fourth-order valence-corrected chi connectivity index (χ4v) is 2.46. The highest BCUT2D eigenvalue weighted by molar-refractivity contribution is 5.90. The van der Waals surface area contributed by atoms with Crippen LogP contribution in [-0.4, -0.2) is 23.0 Å². The Morgan fingerprint density at radius 3 is 2.91 bits per heavy atom. The predicted octanol–water partition coefficient (Wildman–Crippen LogP) is 3.10. The molecule has 1 aromatic heterocycles. The quantitative estimate of drug-likeness (QED) is 0.282. The van der Waals surface area contributed by atoms with Gasteiger partial charge in [0, 0.05) is 29.2 Å². The summed E-state index contributed by atoms with van der Waals surface area (Å²) in [5, 5.41) is 11.8. The molecule has 2 aromatic rings. The van der Waals surface area contributed by atoms with Crippen LogP contribution in [0.4, 0.5) is 5.69 Å². The van der Waals surface area contributed by atoms with Gasteiger partial charge in [0.2, 0.25) is 0 Å². The van der Waals surface area contributed by atoms with Gasteiger partial charge < -0.3 is 15.7 Å². The van der Waals surface area contributed by atoms with Crippen LogP contribution in [0.3, 0.4) is 0 Å². The average Bonchev–Trinajstić information content (AvgIpc) is 2.51. The number of aryl methyl sites for hydroxylation is 2. The molecule has 0 radical (unpaired) electrons. The third kappa shape index (κ3) is 3.75. The fraction of sp³-hybridized carbons (Fsp3) is 0.294. The molecule has 0 aliphatic heterocycles. The summed E-state index contributed by atoms with van der Waals surface area (Å²) >= 11 is 0. The van der Waals surface area contributed by atoms with Crippen LogP contribution in [0.5, 0.6) is 5.75 Å². The van der Waals surface area contributed by atoms with Crippen LogP contribution in [0.15, 0.2) is 35.7 Å². The Kier molecular flexibility index (Phi) is 5.36. The molecule has 0 aliphatic carbocycles. The zero-order valence-electron chi connectivity index (χ0n) is 12.9. The number of pyridine rings is 1. The lowest BCUT2D eigenvalue weighted by molar-refractivity contribution is 0.307. The maximum atomic E-state index is 8.74. The third-order valence-electron chi connectivity index (χ3n) is 3.55. The van der Waals surface area contributed by atoms with Crippen molar-refractivity contribution in [1.29, 1.82) is 0 Å². The summed E-state index contributed by atoms with van der Waals surface area (Å²) < 4.78 is 5.91. The highest BCUT2D eigenvalue weighted by Crippen LogP contribution is 2.30. The second-order valence-electron chi connectivity index (χ2n) is 5.21. The largest absolute Gasteiger partial charge is 0.493 e. The van der Waals surface area contributed by atoms with E-state index < -0.39 is 0 Å². The van der Waals surface area contributed by atoms with Crippen LogP contribution in [0.25, 0.3) is 0 Å². The van der Waals surface area contributed by atoms with Crippen LogP contribution in [0.1, 0.15) is 28.7 Å². The van der Waals surface area contributed by atoms with E-state index in [1.807, 2.05) is 32.2 Å². The Balaban J connectivity index is 2.02. The molecule has 0 aliphatic rings. The van der Waals surface area contributed by atoms with Gasteiger partial charge >= 0.3 is 0 Å². The second-order valence-corrected chi connectivity index (χ2v) is 5.21. The van der Waals surface area contributed by atoms with Gasteiger partial charge in [0.1, 0.15) is 5.75 Å². The van der Waals surface area contributed by atoms with Crippen molar-refractivity contribution in [3.63, 3.8) is 0 Å². The zero-order valence-corrected chi connectivity index (χ0v) is 12.9. The van der Waals surface area contributed by atoms with E-state index in [0.717, 1.165) is 29.7 Å². The van der Waals surface area contributed by atoms with Crippen LogP contribution >= 0.6 is 0 Å². The van der Waals surface area contributed by atoms with E-state index >= 15 is 0 Å². The summed E-state index contributed by atoms with van der Waals surface area (Å²) in [7, 11) is 0. The number of nitrogens with two attached hydrogens (primary N) is 1. The molecule has 1 aromatic carbocycles.